The van der Waals surface area contributed by atoms with Gasteiger partial charge in [-0.2, -0.15) is 5.10 Å². The van der Waals surface area contributed by atoms with E-state index in [0.717, 1.165) is 5.69 Å². The maximum Gasteiger partial charge on any atom is 0.280 e. The topological polar surface area (TPSA) is 74.6 Å². The van der Waals surface area contributed by atoms with Gasteiger partial charge in [0.05, 0.1) is 19.0 Å². The van der Waals surface area contributed by atoms with E-state index in [9.17, 15) is 4.79 Å². The Morgan fingerprint density at radius 1 is 1.12 bits per heavy atom. The van der Waals surface area contributed by atoms with Crippen molar-refractivity contribution in [2.45, 2.75) is 0 Å². The van der Waals surface area contributed by atoms with Gasteiger partial charge in [0.15, 0.2) is 22.9 Å². The zero-order valence-corrected chi connectivity index (χ0v) is 14.1. The molecule has 0 saturated carbocycles. The average Bonchev–Trinajstić information content (AvgIpc) is 3.13. The minimum atomic E-state index is -0.367. The summed E-state index contributed by atoms with van der Waals surface area (Å²) in [5, 5.41) is 7.18. The number of hydrogen-bond donors (Lipinski definition) is 1. The van der Waals surface area contributed by atoms with E-state index in [0.29, 0.717) is 36.1 Å². The van der Waals surface area contributed by atoms with Crippen LogP contribution in [0.4, 0.5) is 5.69 Å². The molecule has 7 nitrogen and oxygen atoms in total. The number of carbonyl (C=O) groups excluding carboxylic acids is 1. The number of hydrogen-bond acceptors (Lipinski definition) is 5. The van der Waals surface area contributed by atoms with Crippen LogP contribution in [0.25, 0.3) is 5.69 Å². The van der Waals surface area contributed by atoms with Gasteiger partial charge in [-0.15, -0.1) is 0 Å². The molecular weight excluding hydrogens is 334 g/mol. The number of fused-ring (bicyclic) bond motifs is 1. The van der Waals surface area contributed by atoms with E-state index < -0.39 is 0 Å². The normalized spacial score (nSPS) is 12.5. The molecule has 0 fully saturated rings. The number of carbonyl (C=O) groups is 1. The highest BCUT2D eigenvalue weighted by Crippen LogP contribution is 2.33. The second-order valence-corrected chi connectivity index (χ2v) is 5.64. The van der Waals surface area contributed by atoms with E-state index in [4.69, 9.17) is 14.2 Å². The Balaban J connectivity index is 1.59. The summed E-state index contributed by atoms with van der Waals surface area (Å²) in [5.74, 6) is 1.30. The largest absolute Gasteiger partial charge is 0.493 e. The molecule has 0 spiro atoms. The highest BCUT2D eigenvalue weighted by atomic mass is 16.6. The van der Waals surface area contributed by atoms with E-state index in [2.05, 4.69) is 10.4 Å². The number of nitrogens with zero attached hydrogens (tertiary/aromatic N) is 2. The number of nitrogens with one attached hydrogen (secondary N) is 1. The third kappa shape index (κ3) is 3.06. The van der Waals surface area contributed by atoms with Gasteiger partial charge in [0, 0.05) is 11.8 Å². The number of amides is 1. The van der Waals surface area contributed by atoms with Crippen molar-refractivity contribution in [2.24, 2.45) is 0 Å². The molecule has 0 radical (unpaired) electrons. The summed E-state index contributed by atoms with van der Waals surface area (Å²) < 4.78 is 17.9. The van der Waals surface area contributed by atoms with Gasteiger partial charge in [-0.3, -0.25) is 4.79 Å². The summed E-state index contributed by atoms with van der Waals surface area (Å²) >= 11 is 0. The number of para-hydroxylation sites is 1. The molecule has 4 rings (SSSR count). The van der Waals surface area contributed by atoms with Crippen LogP contribution in [0.1, 0.15) is 10.5 Å². The van der Waals surface area contributed by atoms with E-state index >= 15 is 0 Å². The van der Waals surface area contributed by atoms with Crippen molar-refractivity contribution in [1.82, 2.24) is 9.78 Å². The van der Waals surface area contributed by atoms with Gasteiger partial charge < -0.3 is 19.5 Å². The van der Waals surface area contributed by atoms with Crippen LogP contribution in [0.2, 0.25) is 0 Å². The number of methoxy groups -OCH3 is 1. The molecule has 0 unspecified atom stereocenters. The molecule has 0 saturated heterocycles. The third-order valence-corrected chi connectivity index (χ3v) is 3.94. The number of benzene rings is 2. The monoisotopic (exact) mass is 351 g/mol. The fourth-order valence-electron chi connectivity index (χ4n) is 2.69. The van der Waals surface area contributed by atoms with Crippen LogP contribution < -0.4 is 19.5 Å². The Hall–Kier alpha value is -3.48. The molecule has 1 amide bonds. The first-order valence-electron chi connectivity index (χ1n) is 8.14. The molecule has 2 heterocycles. The molecular formula is C19H17N3O4. The smallest absolute Gasteiger partial charge is 0.280 e. The highest BCUT2D eigenvalue weighted by molar-refractivity contribution is 6.04. The van der Waals surface area contributed by atoms with Crippen molar-refractivity contribution in [1.29, 1.82) is 0 Å². The average molecular weight is 351 g/mol. The summed E-state index contributed by atoms with van der Waals surface area (Å²) in [6.45, 7) is 1.01. The SMILES string of the molecule is COc1cn(-c2ccccc2)nc1C(=O)Nc1ccc2c(c1)OCCO2. The van der Waals surface area contributed by atoms with E-state index in [1.54, 1.807) is 29.1 Å². The van der Waals surface area contributed by atoms with Gasteiger partial charge in [-0.1, -0.05) is 18.2 Å². The summed E-state index contributed by atoms with van der Waals surface area (Å²) in [5.41, 5.74) is 1.63. The van der Waals surface area contributed by atoms with Crippen LogP contribution in [0.5, 0.6) is 17.2 Å². The Morgan fingerprint density at radius 3 is 2.65 bits per heavy atom. The second-order valence-electron chi connectivity index (χ2n) is 5.64. The molecule has 132 valence electrons. The van der Waals surface area contributed by atoms with Crippen molar-refractivity contribution < 1.29 is 19.0 Å². The number of aromatic nitrogens is 2. The fourth-order valence-corrected chi connectivity index (χ4v) is 2.69. The van der Waals surface area contributed by atoms with E-state index in [1.807, 2.05) is 30.3 Å². The predicted molar refractivity (Wildman–Crippen MR) is 95.5 cm³/mol. The highest BCUT2D eigenvalue weighted by Gasteiger charge is 2.20. The van der Waals surface area contributed by atoms with Crippen molar-refractivity contribution in [3.8, 4) is 22.9 Å². The molecule has 1 N–H and O–H groups in total. The molecule has 0 aliphatic carbocycles. The standard InChI is InChI=1S/C19H17N3O4/c1-24-17-12-22(14-5-3-2-4-6-14)21-18(17)19(23)20-13-7-8-15-16(11-13)26-10-9-25-15/h2-8,11-12H,9-10H2,1H3,(H,20,23). The molecule has 0 bridgehead atoms. The zero-order chi connectivity index (χ0) is 17.9. The quantitative estimate of drug-likeness (QED) is 0.782. The zero-order valence-electron chi connectivity index (χ0n) is 14.1. The predicted octanol–water partition coefficient (Wildman–Crippen LogP) is 2.90. The van der Waals surface area contributed by atoms with Crippen LogP contribution in [0.15, 0.2) is 54.7 Å². The lowest BCUT2D eigenvalue weighted by Crippen LogP contribution is -2.17. The van der Waals surface area contributed by atoms with E-state index in [1.165, 1.54) is 7.11 Å². The lowest BCUT2D eigenvalue weighted by molar-refractivity contribution is 0.101. The number of ether oxygens (including phenoxy) is 3. The molecule has 0 atom stereocenters. The lowest BCUT2D eigenvalue weighted by atomic mass is 10.2. The minimum absolute atomic E-state index is 0.200. The number of rotatable bonds is 4. The summed E-state index contributed by atoms with van der Waals surface area (Å²) in [4.78, 5) is 12.7. The maximum absolute atomic E-state index is 12.7. The number of anilines is 1. The van der Waals surface area contributed by atoms with Crippen LogP contribution in [-0.4, -0.2) is 36.0 Å². The molecule has 2 aromatic carbocycles. The molecule has 1 aliphatic heterocycles. The molecule has 3 aromatic rings. The van der Waals surface area contributed by atoms with Gasteiger partial charge in [0.1, 0.15) is 13.2 Å². The first kappa shape index (κ1) is 16.0. The first-order valence-corrected chi connectivity index (χ1v) is 8.14. The van der Waals surface area contributed by atoms with Crippen molar-refractivity contribution in [3.63, 3.8) is 0 Å². The van der Waals surface area contributed by atoms with Gasteiger partial charge >= 0.3 is 0 Å². The van der Waals surface area contributed by atoms with Gasteiger partial charge in [-0.05, 0) is 24.3 Å². The molecule has 7 heteroatoms. The Bertz CT molecular complexity index is 937. The molecule has 1 aromatic heterocycles. The molecule has 1 aliphatic rings. The first-order chi connectivity index (χ1) is 12.7. The van der Waals surface area contributed by atoms with Gasteiger partial charge in [0.25, 0.3) is 5.91 Å². The van der Waals surface area contributed by atoms with Gasteiger partial charge in [0.2, 0.25) is 0 Å². The maximum atomic E-state index is 12.7. The van der Waals surface area contributed by atoms with E-state index in [-0.39, 0.29) is 11.6 Å². The van der Waals surface area contributed by atoms with Gasteiger partial charge in [-0.25, -0.2) is 4.68 Å². The summed E-state index contributed by atoms with van der Waals surface area (Å²) in [6, 6.07) is 14.8. The lowest BCUT2D eigenvalue weighted by Gasteiger charge is -2.18. The van der Waals surface area contributed by atoms with Crippen molar-refractivity contribution in [2.75, 3.05) is 25.6 Å². The van der Waals surface area contributed by atoms with Crippen LogP contribution >= 0.6 is 0 Å². The molecule has 26 heavy (non-hydrogen) atoms. The second kappa shape index (κ2) is 6.79. The Morgan fingerprint density at radius 2 is 1.88 bits per heavy atom. The Labute approximate surface area is 150 Å². The van der Waals surface area contributed by atoms with Crippen LogP contribution in [-0.2, 0) is 0 Å². The summed E-state index contributed by atoms with van der Waals surface area (Å²) in [6.07, 6.45) is 1.67. The van der Waals surface area contributed by atoms with Crippen LogP contribution in [0.3, 0.4) is 0 Å². The van der Waals surface area contributed by atoms with Crippen LogP contribution in [0, 0.1) is 0 Å². The summed E-state index contributed by atoms with van der Waals surface area (Å²) in [7, 11) is 1.51. The Kier molecular flexibility index (Phi) is 4.18. The van der Waals surface area contributed by atoms with Crippen molar-refractivity contribution >= 4 is 11.6 Å². The minimum Gasteiger partial charge on any atom is -0.493 e. The third-order valence-electron chi connectivity index (χ3n) is 3.94. The fraction of sp³-hybridized carbons (Fsp3) is 0.158. The van der Waals surface area contributed by atoms with Crippen molar-refractivity contribution in [3.05, 3.63) is 60.4 Å².